The number of aryl methyl sites for hydroxylation is 1. The molecule has 1 aliphatic rings. The minimum Gasteiger partial charge on any atom is -0.506 e. The maximum atomic E-state index is 12.7. The van der Waals surface area contributed by atoms with Gasteiger partial charge in [0.05, 0.1) is 15.5 Å². The van der Waals surface area contributed by atoms with Gasteiger partial charge in [-0.25, -0.2) is 8.42 Å². The second kappa shape index (κ2) is 7.56. The van der Waals surface area contributed by atoms with Crippen LogP contribution in [0.3, 0.4) is 0 Å². The number of hydrogen-bond acceptors (Lipinski definition) is 6. The molecule has 9 nitrogen and oxygen atoms in total. The number of rotatable bonds is 5. The minimum absolute atomic E-state index is 0.0683. The molecule has 1 saturated heterocycles. The number of hydrogen-bond donors (Lipinski definition) is 2. The van der Waals surface area contributed by atoms with Crippen LogP contribution in [0.1, 0.15) is 28.8 Å². The third-order valence-electron chi connectivity index (χ3n) is 4.58. The van der Waals surface area contributed by atoms with E-state index in [0.717, 1.165) is 18.9 Å². The highest BCUT2D eigenvalue weighted by Crippen LogP contribution is 2.31. The van der Waals surface area contributed by atoms with Crippen molar-refractivity contribution in [3.05, 3.63) is 57.6 Å². The van der Waals surface area contributed by atoms with E-state index < -0.39 is 20.9 Å². The summed E-state index contributed by atoms with van der Waals surface area (Å²) in [5.74, 6) is -1.16. The fourth-order valence-electron chi connectivity index (χ4n) is 3.13. The highest BCUT2D eigenvalue weighted by atomic mass is 32.2. The fraction of sp³-hybridized carbons (Fsp3) is 0.278. The van der Waals surface area contributed by atoms with E-state index in [1.165, 1.54) is 41.6 Å². The van der Waals surface area contributed by atoms with Crippen molar-refractivity contribution in [3.8, 4) is 5.75 Å². The van der Waals surface area contributed by atoms with Gasteiger partial charge in [0.2, 0.25) is 10.0 Å². The monoisotopic (exact) mass is 405 g/mol. The first-order valence-electron chi connectivity index (χ1n) is 8.60. The Kier molecular flexibility index (Phi) is 5.34. The number of phenolic OH excluding ortho intramolecular Hbond substituents is 1. The number of benzene rings is 2. The Morgan fingerprint density at radius 3 is 2.54 bits per heavy atom. The van der Waals surface area contributed by atoms with Gasteiger partial charge in [0, 0.05) is 18.7 Å². The van der Waals surface area contributed by atoms with Crippen LogP contribution in [0.15, 0.2) is 41.3 Å². The van der Waals surface area contributed by atoms with Crippen molar-refractivity contribution in [2.75, 3.05) is 18.4 Å². The number of aromatic hydroxyl groups is 1. The van der Waals surface area contributed by atoms with Crippen LogP contribution in [0.4, 0.5) is 11.4 Å². The third kappa shape index (κ3) is 3.69. The zero-order chi connectivity index (χ0) is 20.5. The summed E-state index contributed by atoms with van der Waals surface area (Å²) in [6.45, 7) is 2.34. The standard InChI is InChI=1S/C18H19N3O6S/c1-12-5-4-6-14(17(12)21(24)25)18(23)19-15-11-13(7-8-16(15)22)28(26,27)20-9-2-3-10-20/h4-8,11,22H,2-3,9-10H2,1H3,(H,19,23). The highest BCUT2D eigenvalue weighted by Gasteiger charge is 2.28. The van der Waals surface area contributed by atoms with Gasteiger partial charge in [-0.1, -0.05) is 12.1 Å². The van der Waals surface area contributed by atoms with Crippen molar-refractivity contribution in [2.45, 2.75) is 24.7 Å². The summed E-state index contributed by atoms with van der Waals surface area (Å²) in [6.07, 6.45) is 1.55. The molecule has 2 N–H and O–H groups in total. The summed E-state index contributed by atoms with van der Waals surface area (Å²) >= 11 is 0. The van der Waals surface area contributed by atoms with Crippen LogP contribution < -0.4 is 5.32 Å². The molecule has 1 fully saturated rings. The molecular formula is C18H19N3O6S. The summed E-state index contributed by atoms with van der Waals surface area (Å²) in [7, 11) is -3.74. The van der Waals surface area contributed by atoms with E-state index in [1.807, 2.05) is 0 Å². The molecule has 0 unspecified atom stereocenters. The van der Waals surface area contributed by atoms with Gasteiger partial charge in [-0.3, -0.25) is 14.9 Å². The van der Waals surface area contributed by atoms with Crippen molar-refractivity contribution < 1.29 is 23.2 Å². The Labute approximate surface area is 161 Å². The molecular weight excluding hydrogens is 386 g/mol. The van der Waals surface area contributed by atoms with Gasteiger partial charge < -0.3 is 10.4 Å². The van der Waals surface area contributed by atoms with Gasteiger partial charge >= 0.3 is 0 Å². The highest BCUT2D eigenvalue weighted by molar-refractivity contribution is 7.89. The molecule has 0 spiro atoms. The molecule has 0 radical (unpaired) electrons. The molecule has 1 aliphatic heterocycles. The largest absolute Gasteiger partial charge is 0.506 e. The van der Waals surface area contributed by atoms with E-state index in [-0.39, 0.29) is 27.6 Å². The molecule has 0 bridgehead atoms. The molecule has 1 heterocycles. The summed E-state index contributed by atoms with van der Waals surface area (Å²) in [5.41, 5.74) is -0.356. The van der Waals surface area contributed by atoms with Crippen LogP contribution in [0.2, 0.25) is 0 Å². The summed E-state index contributed by atoms with van der Waals surface area (Å²) in [5, 5.41) is 23.7. The fourth-order valence-corrected chi connectivity index (χ4v) is 4.67. The van der Waals surface area contributed by atoms with E-state index in [1.54, 1.807) is 0 Å². The number of amides is 1. The molecule has 2 aromatic rings. The molecule has 10 heteroatoms. The second-order valence-corrected chi connectivity index (χ2v) is 8.41. The van der Waals surface area contributed by atoms with E-state index in [2.05, 4.69) is 5.32 Å². The molecule has 0 aliphatic carbocycles. The Hall–Kier alpha value is -2.98. The van der Waals surface area contributed by atoms with Crippen molar-refractivity contribution >= 4 is 27.3 Å². The van der Waals surface area contributed by atoms with Gasteiger partial charge in [0.25, 0.3) is 11.6 Å². The number of phenols is 1. The molecule has 1 amide bonds. The van der Waals surface area contributed by atoms with Gasteiger partial charge in [0.1, 0.15) is 11.3 Å². The normalized spacial score (nSPS) is 14.8. The molecule has 28 heavy (non-hydrogen) atoms. The molecule has 0 atom stereocenters. The number of para-hydroxylation sites is 1. The van der Waals surface area contributed by atoms with Crippen molar-refractivity contribution in [3.63, 3.8) is 0 Å². The van der Waals surface area contributed by atoms with E-state index in [4.69, 9.17) is 0 Å². The average Bonchev–Trinajstić information content (AvgIpc) is 3.18. The van der Waals surface area contributed by atoms with Gasteiger partial charge in [-0.15, -0.1) is 0 Å². The maximum absolute atomic E-state index is 12.7. The summed E-state index contributed by atoms with van der Waals surface area (Å²) in [6, 6.07) is 7.89. The average molecular weight is 405 g/mol. The van der Waals surface area contributed by atoms with Crippen LogP contribution in [0.25, 0.3) is 0 Å². The van der Waals surface area contributed by atoms with E-state index in [0.29, 0.717) is 18.7 Å². The number of sulfonamides is 1. The Balaban J connectivity index is 1.94. The summed E-state index contributed by atoms with van der Waals surface area (Å²) < 4.78 is 26.7. The smallest absolute Gasteiger partial charge is 0.285 e. The van der Waals surface area contributed by atoms with E-state index in [9.17, 15) is 28.4 Å². The Bertz CT molecular complexity index is 1050. The third-order valence-corrected chi connectivity index (χ3v) is 6.48. The predicted octanol–water partition coefficient (Wildman–Crippen LogP) is 2.65. The summed E-state index contributed by atoms with van der Waals surface area (Å²) in [4.78, 5) is 23.1. The number of anilines is 1. The quantitative estimate of drug-likeness (QED) is 0.447. The van der Waals surface area contributed by atoms with Crippen LogP contribution in [0, 0.1) is 17.0 Å². The number of carbonyl (C=O) groups excluding carboxylic acids is 1. The number of nitro groups is 1. The van der Waals surface area contributed by atoms with Gasteiger partial charge in [-0.2, -0.15) is 4.31 Å². The van der Waals surface area contributed by atoms with Crippen molar-refractivity contribution in [2.24, 2.45) is 0 Å². The van der Waals surface area contributed by atoms with Gasteiger partial charge in [-0.05, 0) is 44.0 Å². The van der Waals surface area contributed by atoms with Crippen molar-refractivity contribution in [1.82, 2.24) is 4.31 Å². The van der Waals surface area contributed by atoms with Crippen LogP contribution in [-0.4, -0.2) is 41.7 Å². The first-order chi connectivity index (χ1) is 13.2. The lowest BCUT2D eigenvalue weighted by Gasteiger charge is -2.16. The molecule has 2 aromatic carbocycles. The molecule has 0 aromatic heterocycles. The maximum Gasteiger partial charge on any atom is 0.285 e. The topological polar surface area (TPSA) is 130 Å². The lowest BCUT2D eigenvalue weighted by atomic mass is 10.1. The Morgan fingerprint density at radius 2 is 1.89 bits per heavy atom. The minimum atomic E-state index is -3.74. The number of nitrogens with zero attached hydrogens (tertiary/aromatic N) is 2. The SMILES string of the molecule is Cc1cccc(C(=O)Nc2cc(S(=O)(=O)N3CCCC3)ccc2O)c1[N+](=O)[O-]. The number of nitrogens with one attached hydrogen (secondary N) is 1. The lowest BCUT2D eigenvalue weighted by Crippen LogP contribution is -2.28. The second-order valence-electron chi connectivity index (χ2n) is 6.47. The zero-order valence-electron chi connectivity index (χ0n) is 15.1. The van der Waals surface area contributed by atoms with Gasteiger partial charge in [0.15, 0.2) is 0 Å². The van der Waals surface area contributed by atoms with Crippen molar-refractivity contribution in [1.29, 1.82) is 0 Å². The van der Waals surface area contributed by atoms with Crippen LogP contribution in [0.5, 0.6) is 5.75 Å². The Morgan fingerprint density at radius 1 is 1.21 bits per heavy atom. The molecule has 0 saturated carbocycles. The molecule has 3 rings (SSSR count). The molecule has 148 valence electrons. The zero-order valence-corrected chi connectivity index (χ0v) is 15.9. The number of nitro benzene ring substituents is 1. The predicted molar refractivity (Wildman–Crippen MR) is 102 cm³/mol. The van der Waals surface area contributed by atoms with E-state index >= 15 is 0 Å². The first-order valence-corrected chi connectivity index (χ1v) is 10.0. The lowest BCUT2D eigenvalue weighted by molar-refractivity contribution is -0.385. The van der Waals surface area contributed by atoms with Crippen LogP contribution >= 0.6 is 0 Å². The van der Waals surface area contributed by atoms with Crippen LogP contribution in [-0.2, 0) is 10.0 Å². The first kappa shape index (κ1) is 19.8. The number of carbonyl (C=O) groups is 1.